The van der Waals surface area contributed by atoms with Crippen LogP contribution in [-0.2, 0) is 4.74 Å². The molecule has 0 aromatic rings. The lowest BCUT2D eigenvalue weighted by atomic mass is 9.83. The van der Waals surface area contributed by atoms with Crippen molar-refractivity contribution in [3.05, 3.63) is 0 Å². The second kappa shape index (κ2) is 7.87. The van der Waals surface area contributed by atoms with E-state index in [-0.39, 0.29) is 0 Å². The molecule has 20 heavy (non-hydrogen) atoms. The number of hydrogen-bond acceptors (Lipinski definition) is 2. The molecule has 116 valence electrons. The molecular formula is C16H31N3O. The van der Waals surface area contributed by atoms with E-state index in [1.54, 1.807) is 0 Å². The molecule has 0 spiro atoms. The summed E-state index contributed by atoms with van der Waals surface area (Å²) in [6, 6.07) is 0.663. The minimum atomic E-state index is 0.390. The monoisotopic (exact) mass is 281 g/mol. The van der Waals surface area contributed by atoms with Gasteiger partial charge in [0.1, 0.15) is 0 Å². The van der Waals surface area contributed by atoms with Crippen LogP contribution in [0.25, 0.3) is 0 Å². The van der Waals surface area contributed by atoms with Crippen molar-refractivity contribution in [2.75, 3.05) is 26.3 Å². The molecule has 2 rings (SSSR count). The maximum atomic E-state index is 5.57. The Kier molecular flexibility index (Phi) is 6.14. The fourth-order valence-electron chi connectivity index (χ4n) is 3.03. The predicted molar refractivity (Wildman–Crippen MR) is 84.1 cm³/mol. The summed E-state index contributed by atoms with van der Waals surface area (Å²) in [5.74, 6) is 1.01. The van der Waals surface area contributed by atoms with Crippen LogP contribution in [-0.4, -0.2) is 38.3 Å². The average Bonchev–Trinajstić information content (AvgIpc) is 3.14. The summed E-state index contributed by atoms with van der Waals surface area (Å²) >= 11 is 0. The Hall–Kier alpha value is -0.770. The van der Waals surface area contributed by atoms with Crippen LogP contribution in [0.3, 0.4) is 0 Å². The van der Waals surface area contributed by atoms with E-state index < -0.39 is 0 Å². The third-order valence-corrected chi connectivity index (χ3v) is 4.48. The molecule has 0 saturated heterocycles. The summed E-state index contributed by atoms with van der Waals surface area (Å²) in [6.07, 6.45) is 9.08. The van der Waals surface area contributed by atoms with Crippen molar-refractivity contribution < 1.29 is 4.74 Å². The first kappa shape index (κ1) is 15.6. The maximum absolute atomic E-state index is 5.57. The number of ether oxygens (including phenoxy) is 1. The van der Waals surface area contributed by atoms with Crippen LogP contribution in [0.1, 0.15) is 58.8 Å². The summed E-state index contributed by atoms with van der Waals surface area (Å²) in [4.78, 5) is 4.87. The highest BCUT2D eigenvalue weighted by Crippen LogP contribution is 2.41. The number of rotatable bonds is 8. The summed E-state index contributed by atoms with van der Waals surface area (Å²) in [5, 5.41) is 6.88. The molecule has 0 unspecified atom stereocenters. The Bertz CT molecular complexity index is 307. The van der Waals surface area contributed by atoms with Crippen LogP contribution in [0.2, 0.25) is 0 Å². The van der Waals surface area contributed by atoms with Gasteiger partial charge in [-0.3, -0.25) is 4.99 Å². The first-order chi connectivity index (χ1) is 9.78. The third-order valence-electron chi connectivity index (χ3n) is 4.48. The van der Waals surface area contributed by atoms with E-state index in [1.165, 1.54) is 38.5 Å². The molecule has 0 heterocycles. The molecule has 0 radical (unpaired) electrons. The van der Waals surface area contributed by atoms with Gasteiger partial charge in [-0.25, -0.2) is 0 Å². The lowest BCUT2D eigenvalue weighted by molar-refractivity contribution is 0.107. The molecule has 0 amide bonds. The Labute approximate surface area is 123 Å². The molecule has 0 aromatic carbocycles. The van der Waals surface area contributed by atoms with E-state index in [0.717, 1.165) is 38.7 Å². The largest absolute Gasteiger partial charge is 0.382 e. The van der Waals surface area contributed by atoms with Gasteiger partial charge in [0.25, 0.3) is 0 Å². The van der Waals surface area contributed by atoms with E-state index in [2.05, 4.69) is 24.5 Å². The molecule has 4 heteroatoms. The van der Waals surface area contributed by atoms with Gasteiger partial charge in [0, 0.05) is 32.3 Å². The molecule has 2 fully saturated rings. The maximum Gasteiger partial charge on any atom is 0.191 e. The van der Waals surface area contributed by atoms with E-state index in [0.29, 0.717) is 11.5 Å². The zero-order valence-corrected chi connectivity index (χ0v) is 13.2. The van der Waals surface area contributed by atoms with Crippen molar-refractivity contribution in [1.29, 1.82) is 0 Å². The Morgan fingerprint density at radius 2 is 2.00 bits per heavy atom. The third kappa shape index (κ3) is 4.97. The summed E-state index contributed by atoms with van der Waals surface area (Å²) in [7, 11) is 0. The molecule has 0 aliphatic heterocycles. The summed E-state index contributed by atoms with van der Waals surface area (Å²) < 4.78 is 5.57. The molecule has 0 atom stereocenters. The second-order valence-electron chi connectivity index (χ2n) is 6.27. The van der Waals surface area contributed by atoms with Gasteiger partial charge in [-0.05, 0) is 51.4 Å². The summed E-state index contributed by atoms with van der Waals surface area (Å²) in [6.45, 7) is 7.79. The van der Waals surface area contributed by atoms with Crippen LogP contribution in [0.15, 0.2) is 4.99 Å². The van der Waals surface area contributed by atoms with Crippen molar-refractivity contribution in [3.8, 4) is 0 Å². The lowest BCUT2D eigenvalue weighted by Gasteiger charge is -2.27. The highest BCUT2D eigenvalue weighted by Gasteiger charge is 2.33. The van der Waals surface area contributed by atoms with Gasteiger partial charge in [-0.15, -0.1) is 0 Å². The lowest BCUT2D eigenvalue weighted by Crippen LogP contribution is -2.39. The van der Waals surface area contributed by atoms with Gasteiger partial charge in [0.05, 0.1) is 0 Å². The Morgan fingerprint density at radius 1 is 1.25 bits per heavy atom. The first-order valence-electron chi connectivity index (χ1n) is 8.40. The standard InChI is InChI=1S/C16H31N3O/c1-3-17-15(19-14-7-8-14)18-13-16(9-5-6-10-16)11-12-20-4-2/h14H,3-13H2,1-2H3,(H2,17,18,19). The number of aliphatic imine (C=N–C) groups is 1. The number of nitrogens with one attached hydrogen (secondary N) is 2. The van der Waals surface area contributed by atoms with Crippen molar-refractivity contribution >= 4 is 5.96 Å². The second-order valence-corrected chi connectivity index (χ2v) is 6.27. The van der Waals surface area contributed by atoms with Crippen LogP contribution in [0.5, 0.6) is 0 Å². The molecule has 0 aromatic heterocycles. The zero-order chi connectivity index (χ0) is 14.3. The van der Waals surface area contributed by atoms with Crippen LogP contribution >= 0.6 is 0 Å². The molecule has 2 N–H and O–H groups in total. The molecule has 4 nitrogen and oxygen atoms in total. The number of nitrogens with zero attached hydrogens (tertiary/aromatic N) is 1. The normalized spacial score (nSPS) is 22.0. The van der Waals surface area contributed by atoms with Gasteiger partial charge in [0.15, 0.2) is 5.96 Å². The minimum absolute atomic E-state index is 0.390. The number of guanidine groups is 1. The van der Waals surface area contributed by atoms with E-state index in [4.69, 9.17) is 9.73 Å². The van der Waals surface area contributed by atoms with Crippen LogP contribution in [0.4, 0.5) is 0 Å². The fourth-order valence-corrected chi connectivity index (χ4v) is 3.03. The molecular weight excluding hydrogens is 250 g/mol. The van der Waals surface area contributed by atoms with Gasteiger partial charge >= 0.3 is 0 Å². The van der Waals surface area contributed by atoms with Crippen LogP contribution < -0.4 is 10.6 Å². The highest BCUT2D eigenvalue weighted by atomic mass is 16.5. The fraction of sp³-hybridized carbons (Fsp3) is 0.938. The van der Waals surface area contributed by atoms with Crippen molar-refractivity contribution in [2.45, 2.75) is 64.8 Å². The van der Waals surface area contributed by atoms with Gasteiger partial charge in [0.2, 0.25) is 0 Å². The van der Waals surface area contributed by atoms with Crippen LogP contribution in [0, 0.1) is 5.41 Å². The topological polar surface area (TPSA) is 45.7 Å². The van der Waals surface area contributed by atoms with Gasteiger partial charge < -0.3 is 15.4 Å². The quantitative estimate of drug-likeness (QED) is 0.408. The minimum Gasteiger partial charge on any atom is -0.382 e. The van der Waals surface area contributed by atoms with Crippen molar-refractivity contribution in [2.24, 2.45) is 10.4 Å². The van der Waals surface area contributed by atoms with Crippen molar-refractivity contribution in [1.82, 2.24) is 10.6 Å². The van der Waals surface area contributed by atoms with Gasteiger partial charge in [-0.2, -0.15) is 0 Å². The SMILES string of the molecule is CCNC(=NCC1(CCOCC)CCCC1)NC1CC1. The molecule has 2 aliphatic carbocycles. The van der Waals surface area contributed by atoms with E-state index in [9.17, 15) is 0 Å². The molecule has 2 saturated carbocycles. The van der Waals surface area contributed by atoms with Crippen molar-refractivity contribution in [3.63, 3.8) is 0 Å². The molecule has 2 aliphatic rings. The Balaban J connectivity index is 1.87. The predicted octanol–water partition coefficient (Wildman–Crippen LogP) is 2.69. The number of hydrogen-bond donors (Lipinski definition) is 2. The zero-order valence-electron chi connectivity index (χ0n) is 13.2. The summed E-state index contributed by atoms with van der Waals surface area (Å²) in [5.41, 5.74) is 0.390. The first-order valence-corrected chi connectivity index (χ1v) is 8.40. The average molecular weight is 281 g/mol. The smallest absolute Gasteiger partial charge is 0.191 e. The van der Waals surface area contributed by atoms with Gasteiger partial charge in [-0.1, -0.05) is 12.8 Å². The Morgan fingerprint density at radius 3 is 2.60 bits per heavy atom. The van der Waals surface area contributed by atoms with E-state index in [1.807, 2.05) is 0 Å². The molecule has 0 bridgehead atoms. The highest BCUT2D eigenvalue weighted by molar-refractivity contribution is 5.80. The van der Waals surface area contributed by atoms with E-state index >= 15 is 0 Å².